The molecule has 8 nitrogen and oxygen atoms in total. The molecule has 28 heavy (non-hydrogen) atoms. The van der Waals surface area contributed by atoms with Gasteiger partial charge in [-0.1, -0.05) is 11.2 Å². The Kier molecular flexibility index (Phi) is 8.84. The van der Waals surface area contributed by atoms with E-state index in [0.29, 0.717) is 6.54 Å². The van der Waals surface area contributed by atoms with Gasteiger partial charge in [0.15, 0.2) is 17.5 Å². The Balaban J connectivity index is 0.00000280. The highest BCUT2D eigenvalue weighted by Gasteiger charge is 2.20. The Bertz CT molecular complexity index is 746. The number of nitrogens with one attached hydrogen (secondary N) is 1. The van der Waals surface area contributed by atoms with E-state index in [-0.39, 0.29) is 24.0 Å². The maximum atomic E-state index is 5.37. The molecule has 2 heterocycles. The summed E-state index contributed by atoms with van der Waals surface area (Å²) in [5, 5.41) is 7.42. The van der Waals surface area contributed by atoms with Crippen molar-refractivity contribution in [2.24, 2.45) is 4.99 Å². The van der Waals surface area contributed by atoms with Crippen LogP contribution in [-0.2, 0) is 13.1 Å². The van der Waals surface area contributed by atoms with Gasteiger partial charge in [-0.2, -0.15) is 0 Å². The van der Waals surface area contributed by atoms with E-state index in [9.17, 15) is 0 Å². The molecule has 1 aliphatic rings. The fraction of sp³-hybridized carbons (Fsp3) is 0.474. The number of rotatable bonds is 6. The second kappa shape index (κ2) is 11.1. The van der Waals surface area contributed by atoms with Crippen molar-refractivity contribution in [3.63, 3.8) is 0 Å². The molecule has 2 aromatic rings. The smallest absolute Gasteiger partial charge is 0.194 e. The second-order valence-electron chi connectivity index (χ2n) is 6.34. The van der Waals surface area contributed by atoms with Crippen LogP contribution in [0.3, 0.4) is 0 Å². The topological polar surface area (TPSA) is 75.4 Å². The summed E-state index contributed by atoms with van der Waals surface area (Å²) in [6.45, 7) is 5.26. The van der Waals surface area contributed by atoms with Gasteiger partial charge in [0.1, 0.15) is 6.26 Å². The Labute approximate surface area is 182 Å². The number of guanidine groups is 1. The predicted octanol–water partition coefficient (Wildman–Crippen LogP) is 2.20. The van der Waals surface area contributed by atoms with Crippen molar-refractivity contribution in [3.8, 4) is 11.5 Å². The molecule has 9 heteroatoms. The van der Waals surface area contributed by atoms with Gasteiger partial charge in [0.05, 0.1) is 19.9 Å². The molecule has 3 rings (SSSR count). The first kappa shape index (κ1) is 22.3. The molecule has 154 valence electrons. The molecule has 1 aliphatic heterocycles. The standard InChI is InChI=1S/C19H27N5O3.HI/c1-20-19(21-13-15-4-5-17(25-2)18(12-15)26-3)24-9-7-23(8-10-24)14-16-6-11-27-22-16;/h4-6,11-12H,7-10,13-14H2,1-3H3,(H,20,21);1H. The summed E-state index contributed by atoms with van der Waals surface area (Å²) in [4.78, 5) is 9.08. The lowest BCUT2D eigenvalue weighted by Crippen LogP contribution is -2.52. The van der Waals surface area contributed by atoms with Gasteiger partial charge in [-0.15, -0.1) is 24.0 Å². The lowest BCUT2D eigenvalue weighted by Gasteiger charge is -2.36. The molecule has 0 radical (unpaired) electrons. The molecular formula is C19H28IN5O3. The summed E-state index contributed by atoms with van der Waals surface area (Å²) in [5.74, 6) is 2.37. The van der Waals surface area contributed by atoms with E-state index in [1.54, 1.807) is 20.5 Å². The summed E-state index contributed by atoms with van der Waals surface area (Å²) in [5.41, 5.74) is 2.08. The normalized spacial score (nSPS) is 15.1. The minimum atomic E-state index is 0. The van der Waals surface area contributed by atoms with Gasteiger partial charge < -0.3 is 24.2 Å². The van der Waals surface area contributed by atoms with Crippen LogP contribution >= 0.6 is 24.0 Å². The fourth-order valence-electron chi connectivity index (χ4n) is 3.17. The van der Waals surface area contributed by atoms with Crippen LogP contribution in [0.1, 0.15) is 11.3 Å². The summed E-state index contributed by atoms with van der Waals surface area (Å²) in [7, 11) is 5.10. The van der Waals surface area contributed by atoms with Crippen molar-refractivity contribution < 1.29 is 14.0 Å². The van der Waals surface area contributed by atoms with Gasteiger partial charge >= 0.3 is 0 Å². The highest BCUT2D eigenvalue weighted by Crippen LogP contribution is 2.27. The fourth-order valence-corrected chi connectivity index (χ4v) is 3.17. The Morgan fingerprint density at radius 3 is 2.50 bits per heavy atom. The molecule has 0 spiro atoms. The zero-order chi connectivity index (χ0) is 19.1. The first-order valence-electron chi connectivity index (χ1n) is 9.01. The maximum Gasteiger partial charge on any atom is 0.194 e. The number of nitrogens with zero attached hydrogens (tertiary/aromatic N) is 4. The maximum absolute atomic E-state index is 5.37. The van der Waals surface area contributed by atoms with Crippen LogP contribution in [0.25, 0.3) is 0 Å². The zero-order valence-electron chi connectivity index (χ0n) is 16.6. The van der Waals surface area contributed by atoms with E-state index in [4.69, 9.17) is 14.0 Å². The molecule has 0 atom stereocenters. The summed E-state index contributed by atoms with van der Waals surface area (Å²) in [6, 6.07) is 7.84. The predicted molar refractivity (Wildman–Crippen MR) is 119 cm³/mol. The minimum Gasteiger partial charge on any atom is -0.493 e. The molecule has 1 N–H and O–H groups in total. The Morgan fingerprint density at radius 2 is 1.89 bits per heavy atom. The molecule has 0 unspecified atom stereocenters. The third-order valence-corrected chi connectivity index (χ3v) is 4.66. The minimum absolute atomic E-state index is 0. The van der Waals surface area contributed by atoms with Crippen LogP contribution < -0.4 is 14.8 Å². The third kappa shape index (κ3) is 5.74. The quantitative estimate of drug-likeness (QED) is 0.370. The number of hydrogen-bond acceptors (Lipinski definition) is 6. The van der Waals surface area contributed by atoms with Gasteiger partial charge in [-0.3, -0.25) is 9.89 Å². The SMILES string of the molecule is CN=C(NCc1ccc(OC)c(OC)c1)N1CCN(Cc2ccon2)CC1.I. The average Bonchev–Trinajstić information content (AvgIpc) is 3.22. The number of ether oxygens (including phenoxy) is 2. The van der Waals surface area contributed by atoms with Crippen molar-refractivity contribution in [2.75, 3.05) is 47.4 Å². The molecule has 0 amide bonds. The first-order chi connectivity index (χ1) is 13.2. The van der Waals surface area contributed by atoms with E-state index in [0.717, 1.165) is 61.4 Å². The van der Waals surface area contributed by atoms with E-state index >= 15 is 0 Å². The van der Waals surface area contributed by atoms with Crippen molar-refractivity contribution in [1.29, 1.82) is 0 Å². The summed E-state index contributed by atoms with van der Waals surface area (Å²) >= 11 is 0. The monoisotopic (exact) mass is 501 g/mol. The number of aromatic nitrogens is 1. The summed E-state index contributed by atoms with van der Waals surface area (Å²) in [6.07, 6.45) is 1.62. The van der Waals surface area contributed by atoms with Crippen molar-refractivity contribution in [1.82, 2.24) is 20.3 Å². The number of benzene rings is 1. The van der Waals surface area contributed by atoms with Crippen LogP contribution in [0.15, 0.2) is 40.0 Å². The Hall–Kier alpha value is -2.01. The van der Waals surface area contributed by atoms with Gasteiger partial charge in [-0.05, 0) is 17.7 Å². The number of halogens is 1. The van der Waals surface area contributed by atoms with Crippen LogP contribution in [0.5, 0.6) is 11.5 Å². The van der Waals surface area contributed by atoms with E-state index in [1.165, 1.54) is 0 Å². The molecule has 1 aromatic heterocycles. The molecule has 1 aromatic carbocycles. The zero-order valence-corrected chi connectivity index (χ0v) is 18.9. The number of hydrogen-bond donors (Lipinski definition) is 1. The molecule has 0 saturated carbocycles. The van der Waals surface area contributed by atoms with Crippen LogP contribution in [-0.4, -0.2) is 68.4 Å². The van der Waals surface area contributed by atoms with Crippen LogP contribution in [0.4, 0.5) is 0 Å². The van der Waals surface area contributed by atoms with E-state index < -0.39 is 0 Å². The largest absolute Gasteiger partial charge is 0.493 e. The first-order valence-corrected chi connectivity index (χ1v) is 9.01. The molecular weight excluding hydrogens is 473 g/mol. The molecule has 1 saturated heterocycles. The van der Waals surface area contributed by atoms with Crippen molar-refractivity contribution >= 4 is 29.9 Å². The average molecular weight is 501 g/mol. The van der Waals surface area contributed by atoms with E-state index in [2.05, 4.69) is 25.3 Å². The molecule has 0 bridgehead atoms. The molecule has 1 fully saturated rings. The second-order valence-corrected chi connectivity index (χ2v) is 6.34. The van der Waals surface area contributed by atoms with Gasteiger partial charge in [-0.25, -0.2) is 0 Å². The van der Waals surface area contributed by atoms with Gasteiger partial charge in [0.25, 0.3) is 0 Å². The lowest BCUT2D eigenvalue weighted by molar-refractivity contribution is 0.169. The lowest BCUT2D eigenvalue weighted by atomic mass is 10.2. The van der Waals surface area contributed by atoms with Crippen molar-refractivity contribution in [3.05, 3.63) is 41.8 Å². The van der Waals surface area contributed by atoms with E-state index in [1.807, 2.05) is 31.3 Å². The van der Waals surface area contributed by atoms with Gasteiger partial charge in [0.2, 0.25) is 0 Å². The number of methoxy groups -OCH3 is 2. The van der Waals surface area contributed by atoms with Crippen LogP contribution in [0, 0.1) is 0 Å². The number of aliphatic imine (C=N–C) groups is 1. The Morgan fingerprint density at radius 1 is 1.14 bits per heavy atom. The molecule has 0 aliphatic carbocycles. The van der Waals surface area contributed by atoms with Crippen molar-refractivity contribution in [2.45, 2.75) is 13.1 Å². The highest BCUT2D eigenvalue weighted by molar-refractivity contribution is 14.0. The van der Waals surface area contributed by atoms with Crippen LogP contribution in [0.2, 0.25) is 0 Å². The van der Waals surface area contributed by atoms with Gasteiger partial charge in [0, 0.05) is 52.4 Å². The highest BCUT2D eigenvalue weighted by atomic mass is 127. The third-order valence-electron chi connectivity index (χ3n) is 4.66. The summed E-state index contributed by atoms with van der Waals surface area (Å²) < 4.78 is 15.6. The number of piperazine rings is 1.